The van der Waals surface area contributed by atoms with Gasteiger partial charge in [0.25, 0.3) is 0 Å². The van der Waals surface area contributed by atoms with Crippen LogP contribution in [0.4, 0.5) is 10.1 Å². The Morgan fingerprint density at radius 1 is 1.13 bits per heavy atom. The Kier molecular flexibility index (Phi) is 6.50. The molecule has 156 valence electrons. The summed E-state index contributed by atoms with van der Waals surface area (Å²) in [6, 6.07) is 18.5. The number of thioether (sulfide) groups is 1. The molecule has 2 N–H and O–H groups in total. The second-order valence-electron chi connectivity index (χ2n) is 6.46. The van der Waals surface area contributed by atoms with Crippen molar-refractivity contribution in [1.29, 1.82) is 0 Å². The number of carbonyl (C=O) groups excluding carboxylic acids is 1. The zero-order valence-electron chi connectivity index (χ0n) is 15.9. The summed E-state index contributed by atoms with van der Waals surface area (Å²) in [5.41, 5.74) is 2.32. The molecule has 4 rings (SSSR count). The van der Waals surface area contributed by atoms with Gasteiger partial charge in [-0.1, -0.05) is 17.7 Å². The molecule has 9 heteroatoms. The first-order chi connectivity index (χ1) is 15.0. The van der Waals surface area contributed by atoms with Crippen molar-refractivity contribution in [2.75, 3.05) is 11.1 Å². The van der Waals surface area contributed by atoms with E-state index in [0.29, 0.717) is 33.3 Å². The molecule has 31 heavy (non-hydrogen) atoms. The minimum atomic E-state index is -0.363. The molecule has 0 aliphatic rings. The Morgan fingerprint density at radius 2 is 1.94 bits per heavy atom. The van der Waals surface area contributed by atoms with Gasteiger partial charge in [0.2, 0.25) is 11.8 Å². The number of oxazole rings is 1. The van der Waals surface area contributed by atoms with Crippen LogP contribution in [0, 0.1) is 5.82 Å². The molecular formula is C22H15ClFN3O2S2. The van der Waals surface area contributed by atoms with E-state index in [4.69, 9.17) is 28.2 Å². The van der Waals surface area contributed by atoms with Gasteiger partial charge in [-0.2, -0.15) is 0 Å². The molecule has 0 bridgehead atoms. The van der Waals surface area contributed by atoms with Crippen molar-refractivity contribution in [3.8, 4) is 11.5 Å². The van der Waals surface area contributed by atoms with Crippen molar-refractivity contribution in [2.24, 2.45) is 0 Å². The molecule has 1 aromatic heterocycles. The summed E-state index contributed by atoms with van der Waals surface area (Å²) in [5.74, 6) is -0.0597. The van der Waals surface area contributed by atoms with Crippen molar-refractivity contribution in [2.45, 2.75) is 4.90 Å². The van der Waals surface area contributed by atoms with Crippen LogP contribution in [0.3, 0.4) is 0 Å². The molecule has 3 aromatic carbocycles. The highest BCUT2D eigenvalue weighted by molar-refractivity contribution is 8.00. The van der Waals surface area contributed by atoms with E-state index >= 15 is 0 Å². The normalized spacial score (nSPS) is 10.8. The Balaban J connectivity index is 1.36. The third kappa shape index (κ3) is 5.61. The van der Waals surface area contributed by atoms with Crippen LogP contribution in [0.25, 0.3) is 22.6 Å². The number of benzene rings is 3. The first kappa shape index (κ1) is 21.3. The number of rotatable bonds is 5. The highest BCUT2D eigenvalue weighted by atomic mass is 35.5. The van der Waals surface area contributed by atoms with Crippen molar-refractivity contribution in [1.82, 2.24) is 10.3 Å². The summed E-state index contributed by atoms with van der Waals surface area (Å²) in [6.45, 7) is 0. The highest BCUT2D eigenvalue weighted by Gasteiger charge is 2.11. The zero-order chi connectivity index (χ0) is 21.8. The Labute approximate surface area is 192 Å². The number of nitrogens with zero attached hydrogens (tertiary/aromatic N) is 1. The first-order valence-electron chi connectivity index (χ1n) is 9.12. The monoisotopic (exact) mass is 471 g/mol. The summed E-state index contributed by atoms with van der Waals surface area (Å²) in [6.07, 6.45) is 0. The lowest BCUT2D eigenvalue weighted by atomic mass is 10.2. The van der Waals surface area contributed by atoms with Gasteiger partial charge in [0, 0.05) is 21.2 Å². The number of fused-ring (bicyclic) bond motifs is 1. The summed E-state index contributed by atoms with van der Waals surface area (Å²) >= 11 is 12.5. The summed E-state index contributed by atoms with van der Waals surface area (Å²) in [5, 5.41) is 6.42. The third-order valence-corrected chi connectivity index (χ3v) is 5.62. The van der Waals surface area contributed by atoms with Crippen LogP contribution < -0.4 is 10.6 Å². The van der Waals surface area contributed by atoms with Crippen LogP contribution in [-0.2, 0) is 4.79 Å². The molecule has 0 aliphatic heterocycles. The van der Waals surface area contributed by atoms with E-state index in [1.165, 1.54) is 23.9 Å². The molecule has 1 amide bonds. The average Bonchev–Trinajstić information content (AvgIpc) is 3.17. The van der Waals surface area contributed by atoms with E-state index in [9.17, 15) is 9.18 Å². The molecule has 5 nitrogen and oxygen atoms in total. The first-order valence-corrected chi connectivity index (χ1v) is 10.9. The number of nitrogens with one attached hydrogen (secondary N) is 2. The fourth-order valence-electron chi connectivity index (χ4n) is 2.75. The molecule has 0 spiro atoms. The van der Waals surface area contributed by atoms with Crippen molar-refractivity contribution in [3.63, 3.8) is 0 Å². The van der Waals surface area contributed by atoms with Crippen molar-refractivity contribution < 1.29 is 13.6 Å². The van der Waals surface area contributed by atoms with Crippen LogP contribution >= 0.6 is 35.6 Å². The fourth-order valence-corrected chi connectivity index (χ4v) is 3.81. The van der Waals surface area contributed by atoms with Gasteiger partial charge in [0.15, 0.2) is 10.7 Å². The zero-order valence-corrected chi connectivity index (χ0v) is 18.3. The maximum Gasteiger partial charge on any atom is 0.236 e. The average molecular weight is 472 g/mol. The van der Waals surface area contributed by atoms with E-state index in [2.05, 4.69) is 15.6 Å². The summed E-state index contributed by atoms with van der Waals surface area (Å²) < 4.78 is 19.1. The van der Waals surface area contributed by atoms with E-state index in [-0.39, 0.29) is 22.6 Å². The van der Waals surface area contributed by atoms with Gasteiger partial charge < -0.3 is 15.1 Å². The molecule has 0 aliphatic carbocycles. The van der Waals surface area contributed by atoms with Crippen LogP contribution in [-0.4, -0.2) is 21.8 Å². The molecule has 0 radical (unpaired) electrons. The van der Waals surface area contributed by atoms with Crippen LogP contribution in [0.2, 0.25) is 5.02 Å². The fraction of sp³-hybridized carbons (Fsp3) is 0.0455. The highest BCUT2D eigenvalue weighted by Crippen LogP contribution is 2.26. The SMILES string of the molecule is O=C(CSc1ccc(Cl)cc1)NC(=S)Nc1ccc2oc(-c3cccc(F)c3)nc2c1. The lowest BCUT2D eigenvalue weighted by molar-refractivity contribution is -0.117. The number of aromatic nitrogens is 1. The van der Waals surface area contributed by atoms with E-state index in [1.807, 2.05) is 12.1 Å². The van der Waals surface area contributed by atoms with Crippen LogP contribution in [0.1, 0.15) is 0 Å². The molecule has 0 unspecified atom stereocenters. The van der Waals surface area contributed by atoms with Gasteiger partial charge in [-0.15, -0.1) is 11.8 Å². The summed E-state index contributed by atoms with van der Waals surface area (Å²) in [4.78, 5) is 17.5. The number of halogens is 2. The maximum absolute atomic E-state index is 13.5. The van der Waals surface area contributed by atoms with Gasteiger partial charge >= 0.3 is 0 Å². The molecule has 0 saturated heterocycles. The predicted octanol–water partition coefficient (Wildman–Crippen LogP) is 5.89. The van der Waals surface area contributed by atoms with Crippen LogP contribution in [0.15, 0.2) is 76.0 Å². The minimum absolute atomic E-state index is 0.176. The lowest BCUT2D eigenvalue weighted by Crippen LogP contribution is -2.35. The second kappa shape index (κ2) is 9.47. The molecule has 0 atom stereocenters. The number of thiocarbonyl (C=S) groups is 1. The van der Waals surface area contributed by atoms with Gasteiger partial charge in [0.05, 0.1) is 5.75 Å². The van der Waals surface area contributed by atoms with E-state index in [1.54, 1.807) is 42.5 Å². The van der Waals surface area contributed by atoms with E-state index < -0.39 is 0 Å². The standard InChI is InChI=1S/C22H15ClFN3O2S2/c23-14-4-7-17(8-5-14)31-12-20(28)27-22(30)25-16-6-9-19-18(11-16)26-21(29-19)13-2-1-3-15(24)10-13/h1-11H,12H2,(H2,25,27,28,30). The van der Waals surface area contributed by atoms with Gasteiger partial charge in [-0.25, -0.2) is 9.37 Å². The predicted molar refractivity (Wildman–Crippen MR) is 126 cm³/mol. The van der Waals surface area contributed by atoms with Crippen molar-refractivity contribution in [3.05, 3.63) is 77.6 Å². The second-order valence-corrected chi connectivity index (χ2v) is 8.35. The number of carbonyl (C=O) groups is 1. The number of anilines is 1. The third-order valence-electron chi connectivity index (χ3n) is 4.15. The van der Waals surface area contributed by atoms with Crippen molar-refractivity contribution >= 4 is 63.4 Å². The number of hydrogen-bond acceptors (Lipinski definition) is 5. The van der Waals surface area contributed by atoms with Crippen LogP contribution in [0.5, 0.6) is 0 Å². The smallest absolute Gasteiger partial charge is 0.236 e. The van der Waals surface area contributed by atoms with Gasteiger partial charge in [0.1, 0.15) is 11.3 Å². The molecule has 0 fully saturated rings. The summed E-state index contributed by atoms with van der Waals surface area (Å²) in [7, 11) is 0. The van der Waals surface area contributed by atoms with E-state index in [0.717, 1.165) is 4.90 Å². The molecule has 4 aromatic rings. The Bertz CT molecular complexity index is 1260. The topological polar surface area (TPSA) is 67.2 Å². The Hall–Kier alpha value is -2.94. The number of hydrogen-bond donors (Lipinski definition) is 2. The molecule has 0 saturated carbocycles. The number of amides is 1. The van der Waals surface area contributed by atoms with Gasteiger partial charge in [-0.3, -0.25) is 4.79 Å². The Morgan fingerprint density at radius 3 is 2.71 bits per heavy atom. The minimum Gasteiger partial charge on any atom is -0.436 e. The molecular weight excluding hydrogens is 457 g/mol. The molecule has 1 heterocycles. The van der Waals surface area contributed by atoms with Gasteiger partial charge in [-0.05, 0) is 72.9 Å². The largest absolute Gasteiger partial charge is 0.436 e. The quantitative estimate of drug-likeness (QED) is 0.279. The maximum atomic E-state index is 13.5. The lowest BCUT2D eigenvalue weighted by Gasteiger charge is -2.09.